The lowest BCUT2D eigenvalue weighted by atomic mass is 10.1. The quantitative estimate of drug-likeness (QED) is 0.867. The van der Waals surface area contributed by atoms with Gasteiger partial charge >= 0.3 is 0 Å². The van der Waals surface area contributed by atoms with Gasteiger partial charge in [0.1, 0.15) is 0 Å². The lowest BCUT2D eigenvalue weighted by Gasteiger charge is -2.17. The van der Waals surface area contributed by atoms with E-state index in [0.29, 0.717) is 16.5 Å². The van der Waals surface area contributed by atoms with E-state index in [2.05, 4.69) is 10.6 Å². The zero-order valence-electron chi connectivity index (χ0n) is 12.7. The predicted octanol–water partition coefficient (Wildman–Crippen LogP) is 4.13. The summed E-state index contributed by atoms with van der Waals surface area (Å²) in [7, 11) is 0. The van der Waals surface area contributed by atoms with Crippen LogP contribution in [-0.4, -0.2) is 17.6 Å². The van der Waals surface area contributed by atoms with Gasteiger partial charge in [-0.1, -0.05) is 29.8 Å². The summed E-state index contributed by atoms with van der Waals surface area (Å²) in [6, 6.07) is 13.3. The van der Waals surface area contributed by atoms with Gasteiger partial charge in [0, 0.05) is 21.5 Å². The smallest absolute Gasteiger partial charge is 0.234 e. The van der Waals surface area contributed by atoms with E-state index < -0.39 is 0 Å². The number of rotatable bonds is 3. The monoisotopic (exact) mass is 358 g/mol. The van der Waals surface area contributed by atoms with E-state index in [-0.39, 0.29) is 23.7 Å². The van der Waals surface area contributed by atoms with Crippen LogP contribution in [0.4, 0.5) is 11.4 Å². The minimum Gasteiger partial charge on any atom is -0.326 e. The van der Waals surface area contributed by atoms with Gasteiger partial charge in [-0.3, -0.25) is 9.59 Å². The molecule has 2 aliphatic rings. The molecule has 1 saturated carbocycles. The first-order valence-corrected chi connectivity index (χ1v) is 9.10. The van der Waals surface area contributed by atoms with Crippen LogP contribution in [0.2, 0.25) is 5.02 Å². The fraction of sp³-hybridized carbons (Fsp3) is 0.222. The molecule has 122 valence electrons. The van der Waals surface area contributed by atoms with Crippen LogP contribution in [0.1, 0.15) is 17.9 Å². The van der Waals surface area contributed by atoms with Crippen LogP contribution in [0.15, 0.2) is 47.4 Å². The molecule has 2 atom stereocenters. The molecule has 1 heterocycles. The number of hydrogen-bond donors (Lipinski definition) is 2. The fourth-order valence-electron chi connectivity index (χ4n) is 3.00. The normalized spacial score (nSPS) is 21.6. The van der Waals surface area contributed by atoms with Crippen molar-refractivity contribution in [3.05, 3.63) is 53.1 Å². The minimum atomic E-state index is -0.0510. The molecule has 4 nitrogen and oxygen atoms in total. The number of fused-ring (bicyclic) bond motifs is 1. The van der Waals surface area contributed by atoms with Gasteiger partial charge in [-0.25, -0.2) is 0 Å². The van der Waals surface area contributed by atoms with Gasteiger partial charge in [-0.2, -0.15) is 0 Å². The number of anilines is 2. The second kappa shape index (κ2) is 6.15. The summed E-state index contributed by atoms with van der Waals surface area (Å²) in [5, 5.41) is 6.49. The van der Waals surface area contributed by atoms with E-state index in [9.17, 15) is 9.59 Å². The van der Waals surface area contributed by atoms with Crippen molar-refractivity contribution >= 4 is 46.6 Å². The highest BCUT2D eigenvalue weighted by Gasteiger charge is 2.44. The van der Waals surface area contributed by atoms with E-state index in [1.54, 1.807) is 0 Å². The van der Waals surface area contributed by atoms with E-state index in [1.807, 2.05) is 42.5 Å². The Balaban J connectivity index is 1.45. The average Bonchev–Trinajstić information content (AvgIpc) is 3.35. The summed E-state index contributed by atoms with van der Waals surface area (Å²) in [5.74, 6) is 0.545. The zero-order valence-corrected chi connectivity index (χ0v) is 14.3. The number of thioether (sulfide) groups is 1. The number of halogens is 1. The molecule has 2 amide bonds. The van der Waals surface area contributed by atoms with E-state index in [0.717, 1.165) is 22.6 Å². The van der Waals surface area contributed by atoms with Crippen molar-refractivity contribution in [1.82, 2.24) is 0 Å². The highest BCUT2D eigenvalue weighted by Crippen LogP contribution is 2.50. The Morgan fingerprint density at radius 3 is 2.92 bits per heavy atom. The van der Waals surface area contributed by atoms with Gasteiger partial charge in [-0.15, -0.1) is 11.8 Å². The third-order valence-corrected chi connectivity index (χ3v) is 5.73. The molecule has 2 aromatic rings. The van der Waals surface area contributed by atoms with E-state index in [1.165, 1.54) is 11.8 Å². The highest BCUT2D eigenvalue weighted by atomic mass is 35.5. The first-order valence-electron chi connectivity index (χ1n) is 7.74. The largest absolute Gasteiger partial charge is 0.326 e. The number of nitrogens with one attached hydrogen (secondary N) is 2. The fourth-order valence-corrected chi connectivity index (χ4v) is 4.06. The molecule has 4 rings (SSSR count). The number of carbonyl (C=O) groups excluding carboxylic acids is 2. The Morgan fingerprint density at radius 1 is 1.25 bits per heavy atom. The molecule has 24 heavy (non-hydrogen) atoms. The molecule has 1 aliphatic carbocycles. The van der Waals surface area contributed by atoms with Crippen molar-refractivity contribution in [3.8, 4) is 0 Å². The summed E-state index contributed by atoms with van der Waals surface area (Å²) in [4.78, 5) is 25.0. The maximum absolute atomic E-state index is 12.5. The van der Waals surface area contributed by atoms with E-state index in [4.69, 9.17) is 11.6 Å². The van der Waals surface area contributed by atoms with E-state index >= 15 is 0 Å². The van der Waals surface area contributed by atoms with Crippen LogP contribution >= 0.6 is 23.4 Å². The number of benzene rings is 2. The molecule has 2 N–H and O–H groups in total. The second-order valence-corrected chi connectivity index (χ2v) is 7.43. The SMILES string of the molecule is O=C1CSc2ccc(NC(=O)C3CC3c3ccccc3Cl)cc2N1. The lowest BCUT2D eigenvalue weighted by Crippen LogP contribution is -2.19. The highest BCUT2D eigenvalue weighted by molar-refractivity contribution is 8.00. The topological polar surface area (TPSA) is 58.2 Å². The van der Waals surface area contributed by atoms with Crippen LogP contribution in [-0.2, 0) is 9.59 Å². The Bertz CT molecular complexity index is 840. The van der Waals surface area contributed by atoms with Gasteiger partial charge in [0.2, 0.25) is 11.8 Å². The van der Waals surface area contributed by atoms with Crippen molar-refractivity contribution in [1.29, 1.82) is 0 Å². The molecular weight excluding hydrogens is 344 g/mol. The maximum Gasteiger partial charge on any atom is 0.234 e. The van der Waals surface area contributed by atoms with Crippen LogP contribution < -0.4 is 10.6 Å². The van der Waals surface area contributed by atoms with Gasteiger partial charge in [0.15, 0.2) is 0 Å². The summed E-state index contributed by atoms with van der Waals surface area (Å²) < 4.78 is 0. The molecule has 0 spiro atoms. The summed E-state index contributed by atoms with van der Waals surface area (Å²) in [6.07, 6.45) is 0.813. The Hall–Kier alpha value is -1.98. The Labute approximate surface area is 149 Å². The summed E-state index contributed by atoms with van der Waals surface area (Å²) in [5.41, 5.74) is 2.49. The molecule has 1 aliphatic heterocycles. The van der Waals surface area contributed by atoms with Crippen LogP contribution in [0.5, 0.6) is 0 Å². The molecule has 0 radical (unpaired) electrons. The number of amides is 2. The second-order valence-electron chi connectivity index (χ2n) is 6.01. The molecule has 2 unspecified atom stereocenters. The molecule has 1 fully saturated rings. The Morgan fingerprint density at radius 2 is 2.08 bits per heavy atom. The van der Waals surface area contributed by atoms with Gasteiger partial charge in [-0.05, 0) is 42.2 Å². The summed E-state index contributed by atoms with van der Waals surface area (Å²) in [6.45, 7) is 0. The first kappa shape index (κ1) is 15.5. The van der Waals surface area contributed by atoms with Crippen LogP contribution in [0.3, 0.4) is 0 Å². The predicted molar refractivity (Wildman–Crippen MR) is 96.7 cm³/mol. The molecule has 0 bridgehead atoms. The third kappa shape index (κ3) is 3.01. The van der Waals surface area contributed by atoms with Crippen molar-refractivity contribution in [2.75, 3.05) is 16.4 Å². The first-order chi connectivity index (χ1) is 11.6. The van der Waals surface area contributed by atoms with Gasteiger partial charge in [0.05, 0.1) is 11.4 Å². The molecule has 6 heteroatoms. The minimum absolute atomic E-state index is 0.00495. The van der Waals surface area contributed by atoms with Crippen molar-refractivity contribution < 1.29 is 9.59 Å². The molecule has 2 aromatic carbocycles. The zero-order chi connectivity index (χ0) is 16.7. The Kier molecular flexibility index (Phi) is 3.98. The van der Waals surface area contributed by atoms with Crippen LogP contribution in [0, 0.1) is 5.92 Å². The van der Waals surface area contributed by atoms with Gasteiger partial charge < -0.3 is 10.6 Å². The molecule has 0 aromatic heterocycles. The summed E-state index contributed by atoms with van der Waals surface area (Å²) >= 11 is 7.71. The molecule has 0 saturated heterocycles. The average molecular weight is 359 g/mol. The van der Waals surface area contributed by atoms with Crippen molar-refractivity contribution in [2.24, 2.45) is 5.92 Å². The number of hydrogen-bond acceptors (Lipinski definition) is 3. The lowest BCUT2D eigenvalue weighted by molar-refractivity contribution is -0.117. The standard InChI is InChI=1S/C18H15ClN2O2S/c19-14-4-2-1-3-11(14)12-8-13(12)18(23)20-10-5-6-16-15(7-10)21-17(22)9-24-16/h1-7,12-13H,8-9H2,(H,20,23)(H,21,22). The van der Waals surface area contributed by atoms with Crippen molar-refractivity contribution in [3.63, 3.8) is 0 Å². The van der Waals surface area contributed by atoms with Crippen molar-refractivity contribution in [2.45, 2.75) is 17.2 Å². The third-order valence-electron chi connectivity index (χ3n) is 4.31. The maximum atomic E-state index is 12.5. The number of carbonyl (C=O) groups is 2. The van der Waals surface area contributed by atoms with Crippen LogP contribution in [0.25, 0.3) is 0 Å². The molecular formula is C18H15ClN2O2S. The van der Waals surface area contributed by atoms with Gasteiger partial charge in [0.25, 0.3) is 0 Å².